The standard InChI is InChI=1S/C17H18BrNO2/c1-11-5-4-6-12(2)16(11)19-17(20)13(3)21-15-9-7-14(18)8-10-15/h4-10,13H,1-3H3,(H,19,20)/t13-/m1/s1. The molecule has 0 saturated heterocycles. The number of rotatable bonds is 4. The Morgan fingerprint density at radius 1 is 1.10 bits per heavy atom. The molecular weight excluding hydrogens is 330 g/mol. The first-order valence-corrected chi connectivity index (χ1v) is 7.56. The van der Waals surface area contributed by atoms with Gasteiger partial charge in [-0.15, -0.1) is 0 Å². The number of carbonyl (C=O) groups is 1. The van der Waals surface area contributed by atoms with Gasteiger partial charge in [0.1, 0.15) is 5.75 Å². The van der Waals surface area contributed by atoms with Gasteiger partial charge in [0.15, 0.2) is 6.10 Å². The first-order valence-electron chi connectivity index (χ1n) is 6.76. The molecule has 0 aliphatic rings. The van der Waals surface area contributed by atoms with Gasteiger partial charge in [-0.1, -0.05) is 34.1 Å². The van der Waals surface area contributed by atoms with Crippen LogP contribution in [0.1, 0.15) is 18.1 Å². The molecule has 0 unspecified atom stereocenters. The fourth-order valence-corrected chi connectivity index (χ4v) is 2.27. The van der Waals surface area contributed by atoms with Crippen molar-refractivity contribution in [2.75, 3.05) is 5.32 Å². The van der Waals surface area contributed by atoms with E-state index in [1.165, 1.54) is 0 Å². The molecule has 0 fully saturated rings. The van der Waals surface area contributed by atoms with E-state index in [4.69, 9.17) is 4.74 Å². The summed E-state index contributed by atoms with van der Waals surface area (Å²) < 4.78 is 6.62. The molecule has 21 heavy (non-hydrogen) atoms. The van der Waals surface area contributed by atoms with Crippen LogP contribution in [0.5, 0.6) is 5.75 Å². The zero-order valence-electron chi connectivity index (χ0n) is 12.3. The van der Waals surface area contributed by atoms with E-state index in [1.54, 1.807) is 6.92 Å². The topological polar surface area (TPSA) is 38.3 Å². The Labute approximate surface area is 133 Å². The maximum absolute atomic E-state index is 12.2. The Morgan fingerprint density at radius 3 is 2.24 bits per heavy atom. The summed E-state index contributed by atoms with van der Waals surface area (Å²) in [6.45, 7) is 5.69. The number of amides is 1. The van der Waals surface area contributed by atoms with Crippen LogP contribution >= 0.6 is 15.9 Å². The molecule has 1 amide bonds. The average molecular weight is 348 g/mol. The molecule has 0 aliphatic heterocycles. The van der Waals surface area contributed by atoms with E-state index in [0.29, 0.717) is 5.75 Å². The van der Waals surface area contributed by atoms with Gasteiger partial charge in [-0.25, -0.2) is 0 Å². The number of halogens is 1. The quantitative estimate of drug-likeness (QED) is 0.885. The predicted octanol–water partition coefficient (Wildman–Crippen LogP) is 4.47. The second-order valence-electron chi connectivity index (χ2n) is 4.97. The number of anilines is 1. The summed E-state index contributed by atoms with van der Waals surface area (Å²) >= 11 is 3.37. The summed E-state index contributed by atoms with van der Waals surface area (Å²) in [5.41, 5.74) is 2.94. The third-order valence-electron chi connectivity index (χ3n) is 3.23. The van der Waals surface area contributed by atoms with E-state index in [9.17, 15) is 4.79 Å². The van der Waals surface area contributed by atoms with Crippen molar-refractivity contribution in [3.63, 3.8) is 0 Å². The minimum Gasteiger partial charge on any atom is -0.481 e. The zero-order valence-corrected chi connectivity index (χ0v) is 13.9. The van der Waals surface area contributed by atoms with Crippen molar-refractivity contribution in [1.29, 1.82) is 0 Å². The van der Waals surface area contributed by atoms with Crippen LogP contribution in [0.4, 0.5) is 5.69 Å². The van der Waals surface area contributed by atoms with Crippen LogP contribution < -0.4 is 10.1 Å². The van der Waals surface area contributed by atoms with Gasteiger partial charge >= 0.3 is 0 Å². The smallest absolute Gasteiger partial charge is 0.265 e. The van der Waals surface area contributed by atoms with Crippen molar-refractivity contribution in [2.24, 2.45) is 0 Å². The molecule has 2 rings (SSSR count). The molecule has 0 aliphatic carbocycles. The lowest BCUT2D eigenvalue weighted by atomic mass is 10.1. The van der Waals surface area contributed by atoms with Crippen LogP contribution in [-0.4, -0.2) is 12.0 Å². The maximum atomic E-state index is 12.2. The highest BCUT2D eigenvalue weighted by molar-refractivity contribution is 9.10. The highest BCUT2D eigenvalue weighted by Crippen LogP contribution is 2.21. The number of para-hydroxylation sites is 1. The Kier molecular flexibility index (Phi) is 5.02. The van der Waals surface area contributed by atoms with Crippen molar-refractivity contribution in [3.8, 4) is 5.75 Å². The fourth-order valence-electron chi connectivity index (χ4n) is 2.01. The van der Waals surface area contributed by atoms with E-state index < -0.39 is 6.10 Å². The molecule has 4 heteroatoms. The first-order chi connectivity index (χ1) is 9.97. The van der Waals surface area contributed by atoms with Crippen molar-refractivity contribution in [3.05, 3.63) is 58.1 Å². The van der Waals surface area contributed by atoms with Crippen molar-refractivity contribution in [2.45, 2.75) is 26.9 Å². The number of aryl methyl sites for hydroxylation is 2. The molecule has 110 valence electrons. The third kappa shape index (κ3) is 4.08. The molecule has 1 atom stereocenters. The summed E-state index contributed by atoms with van der Waals surface area (Å²) in [4.78, 5) is 12.2. The number of benzene rings is 2. The molecule has 2 aromatic carbocycles. The largest absolute Gasteiger partial charge is 0.481 e. The Balaban J connectivity index is 2.04. The van der Waals surface area contributed by atoms with Gasteiger partial charge in [0.2, 0.25) is 0 Å². The monoisotopic (exact) mass is 347 g/mol. The Bertz CT molecular complexity index is 617. The summed E-state index contributed by atoms with van der Waals surface area (Å²) in [7, 11) is 0. The van der Waals surface area contributed by atoms with Gasteiger partial charge in [0.05, 0.1) is 0 Å². The lowest BCUT2D eigenvalue weighted by Crippen LogP contribution is -2.30. The summed E-state index contributed by atoms with van der Waals surface area (Å²) in [5.74, 6) is 0.512. The van der Waals surface area contributed by atoms with Crippen LogP contribution in [0.15, 0.2) is 46.9 Å². The number of nitrogens with one attached hydrogen (secondary N) is 1. The van der Waals surface area contributed by atoms with Crippen LogP contribution in [0.25, 0.3) is 0 Å². The first kappa shape index (κ1) is 15.6. The molecule has 0 radical (unpaired) electrons. The Morgan fingerprint density at radius 2 is 1.67 bits per heavy atom. The molecule has 0 heterocycles. The highest BCUT2D eigenvalue weighted by Gasteiger charge is 2.16. The number of ether oxygens (including phenoxy) is 1. The fraction of sp³-hybridized carbons (Fsp3) is 0.235. The van der Waals surface area contributed by atoms with Gasteiger partial charge in [-0.2, -0.15) is 0 Å². The molecule has 0 bridgehead atoms. The molecular formula is C17H18BrNO2. The second kappa shape index (κ2) is 6.76. The Hall–Kier alpha value is -1.81. The third-order valence-corrected chi connectivity index (χ3v) is 3.75. The van der Waals surface area contributed by atoms with E-state index in [2.05, 4.69) is 21.2 Å². The second-order valence-corrected chi connectivity index (χ2v) is 5.89. The van der Waals surface area contributed by atoms with Crippen LogP contribution in [-0.2, 0) is 4.79 Å². The van der Waals surface area contributed by atoms with Gasteiger partial charge in [0.25, 0.3) is 5.91 Å². The van der Waals surface area contributed by atoms with E-state index >= 15 is 0 Å². The minimum absolute atomic E-state index is 0.157. The van der Waals surface area contributed by atoms with Crippen molar-refractivity contribution < 1.29 is 9.53 Å². The van der Waals surface area contributed by atoms with Gasteiger partial charge in [-0.05, 0) is 56.2 Å². The molecule has 3 nitrogen and oxygen atoms in total. The summed E-state index contributed by atoms with van der Waals surface area (Å²) in [6.07, 6.45) is -0.565. The molecule has 2 aromatic rings. The molecule has 1 N–H and O–H groups in total. The zero-order chi connectivity index (χ0) is 15.4. The number of carbonyl (C=O) groups excluding carboxylic acids is 1. The lowest BCUT2D eigenvalue weighted by molar-refractivity contribution is -0.122. The average Bonchev–Trinajstić information content (AvgIpc) is 2.45. The molecule has 0 saturated carbocycles. The molecule has 0 aromatic heterocycles. The van der Waals surface area contributed by atoms with Gasteiger partial charge in [-0.3, -0.25) is 4.79 Å². The van der Waals surface area contributed by atoms with Crippen LogP contribution in [0.2, 0.25) is 0 Å². The van der Waals surface area contributed by atoms with Crippen molar-refractivity contribution >= 4 is 27.5 Å². The van der Waals surface area contributed by atoms with Crippen LogP contribution in [0.3, 0.4) is 0 Å². The van der Waals surface area contributed by atoms with Crippen molar-refractivity contribution in [1.82, 2.24) is 0 Å². The van der Waals surface area contributed by atoms with E-state index in [0.717, 1.165) is 21.3 Å². The summed E-state index contributed by atoms with van der Waals surface area (Å²) in [6, 6.07) is 13.3. The highest BCUT2D eigenvalue weighted by atomic mass is 79.9. The van der Waals surface area contributed by atoms with E-state index in [1.807, 2.05) is 56.3 Å². The maximum Gasteiger partial charge on any atom is 0.265 e. The normalized spacial score (nSPS) is 11.8. The number of hydrogen-bond donors (Lipinski definition) is 1. The lowest BCUT2D eigenvalue weighted by Gasteiger charge is -2.17. The minimum atomic E-state index is -0.565. The number of hydrogen-bond acceptors (Lipinski definition) is 2. The van der Waals surface area contributed by atoms with Crippen LogP contribution in [0, 0.1) is 13.8 Å². The summed E-state index contributed by atoms with van der Waals surface area (Å²) in [5, 5.41) is 2.94. The SMILES string of the molecule is Cc1cccc(C)c1NC(=O)[C@@H](C)Oc1ccc(Br)cc1. The van der Waals surface area contributed by atoms with Gasteiger partial charge in [0, 0.05) is 10.2 Å². The predicted molar refractivity (Wildman–Crippen MR) is 88.8 cm³/mol. The molecule has 0 spiro atoms. The van der Waals surface area contributed by atoms with E-state index in [-0.39, 0.29) is 5.91 Å². The van der Waals surface area contributed by atoms with Gasteiger partial charge < -0.3 is 10.1 Å².